The molecule has 1 aliphatic rings. The van der Waals surface area contributed by atoms with Crippen LogP contribution in [0.2, 0.25) is 0 Å². The second kappa shape index (κ2) is 7.34. The normalized spacial score (nSPS) is 15.2. The van der Waals surface area contributed by atoms with Crippen LogP contribution in [0, 0.1) is 0 Å². The van der Waals surface area contributed by atoms with Crippen molar-refractivity contribution in [3.8, 4) is 0 Å². The maximum absolute atomic E-state index is 4.17. The lowest BCUT2D eigenvalue weighted by Crippen LogP contribution is -2.06. The molecule has 0 spiro atoms. The van der Waals surface area contributed by atoms with E-state index in [4.69, 9.17) is 0 Å². The first-order valence-corrected chi connectivity index (χ1v) is 7.02. The van der Waals surface area contributed by atoms with E-state index in [1.165, 1.54) is 5.57 Å². The maximum atomic E-state index is 4.17. The van der Waals surface area contributed by atoms with Crippen LogP contribution >= 0.6 is 0 Å². The Morgan fingerprint density at radius 3 is 2.60 bits per heavy atom. The van der Waals surface area contributed by atoms with Crippen molar-refractivity contribution in [2.24, 2.45) is 0 Å². The fraction of sp³-hybridized carbons (Fsp3) is 0.158. The van der Waals surface area contributed by atoms with E-state index < -0.39 is 0 Å². The molecule has 1 nitrogen and oxygen atoms in total. The van der Waals surface area contributed by atoms with Crippen molar-refractivity contribution >= 4 is 5.69 Å². The lowest BCUT2D eigenvalue weighted by molar-refractivity contribution is 0.999. The number of nitrogens with one attached hydrogen (secondary N) is 1. The van der Waals surface area contributed by atoms with Gasteiger partial charge in [0.25, 0.3) is 0 Å². The molecule has 1 aromatic rings. The zero-order chi connectivity index (χ0) is 14.2. The van der Waals surface area contributed by atoms with Crippen LogP contribution in [0.25, 0.3) is 0 Å². The first-order valence-electron chi connectivity index (χ1n) is 7.02. The monoisotopic (exact) mass is 263 g/mol. The highest BCUT2D eigenvalue weighted by molar-refractivity contribution is 5.60. The Hall–Kier alpha value is -2.28. The second-order valence-electron chi connectivity index (χ2n) is 4.71. The van der Waals surface area contributed by atoms with E-state index in [-0.39, 0.29) is 0 Å². The van der Waals surface area contributed by atoms with E-state index in [1.54, 1.807) is 0 Å². The molecule has 0 aromatic heterocycles. The molecule has 0 amide bonds. The van der Waals surface area contributed by atoms with Crippen LogP contribution in [0.5, 0.6) is 0 Å². The Bertz CT molecular complexity index is 571. The Balaban J connectivity index is 2.13. The molecule has 0 radical (unpaired) electrons. The van der Waals surface area contributed by atoms with Gasteiger partial charge in [-0.15, -0.1) is 0 Å². The summed E-state index contributed by atoms with van der Waals surface area (Å²) < 4.78 is 0. The minimum atomic E-state index is 1.04. The second-order valence-corrected chi connectivity index (χ2v) is 4.71. The summed E-state index contributed by atoms with van der Waals surface area (Å²) in [4.78, 5) is 0. The van der Waals surface area contributed by atoms with Gasteiger partial charge >= 0.3 is 0 Å². The molecular weight excluding hydrogens is 242 g/mol. The first-order chi connectivity index (χ1) is 9.81. The van der Waals surface area contributed by atoms with Gasteiger partial charge in [0.15, 0.2) is 0 Å². The van der Waals surface area contributed by atoms with E-state index >= 15 is 0 Å². The largest absolute Gasteiger partial charge is 0.355 e. The molecule has 0 saturated carbocycles. The number of rotatable bonds is 5. The van der Waals surface area contributed by atoms with Gasteiger partial charge in [-0.05, 0) is 37.5 Å². The summed E-state index contributed by atoms with van der Waals surface area (Å²) in [5.74, 6) is 0. The van der Waals surface area contributed by atoms with Gasteiger partial charge in [-0.25, -0.2) is 0 Å². The van der Waals surface area contributed by atoms with Gasteiger partial charge in [-0.1, -0.05) is 61.2 Å². The third-order valence-electron chi connectivity index (χ3n) is 3.15. The van der Waals surface area contributed by atoms with Gasteiger partial charge in [-0.3, -0.25) is 0 Å². The minimum Gasteiger partial charge on any atom is -0.355 e. The van der Waals surface area contributed by atoms with Crippen LogP contribution in [0.4, 0.5) is 5.69 Å². The van der Waals surface area contributed by atoms with Crippen molar-refractivity contribution in [3.63, 3.8) is 0 Å². The topological polar surface area (TPSA) is 12.0 Å². The average molecular weight is 263 g/mol. The van der Waals surface area contributed by atoms with Crippen LogP contribution in [0.15, 0.2) is 90.2 Å². The SMILES string of the molecule is C=C(/C=C\C=C/C)C1=CCCC=C1Nc1ccccc1. The molecule has 0 saturated heterocycles. The van der Waals surface area contributed by atoms with Crippen molar-refractivity contribution in [1.29, 1.82) is 0 Å². The van der Waals surface area contributed by atoms with Crippen LogP contribution in [-0.2, 0) is 0 Å². The molecular formula is C19H21N. The summed E-state index contributed by atoms with van der Waals surface area (Å²) >= 11 is 0. The van der Waals surface area contributed by atoms with Gasteiger partial charge in [0.05, 0.1) is 0 Å². The van der Waals surface area contributed by atoms with Crippen molar-refractivity contribution in [2.75, 3.05) is 5.32 Å². The zero-order valence-corrected chi connectivity index (χ0v) is 12.0. The molecule has 0 bridgehead atoms. The molecule has 102 valence electrons. The molecule has 1 aliphatic carbocycles. The molecule has 0 atom stereocenters. The Morgan fingerprint density at radius 2 is 1.85 bits per heavy atom. The smallest absolute Gasteiger partial charge is 0.0420 e. The molecule has 1 heteroatoms. The first kappa shape index (κ1) is 14.1. The average Bonchev–Trinajstić information content (AvgIpc) is 2.49. The summed E-state index contributed by atoms with van der Waals surface area (Å²) in [5.41, 5.74) is 4.49. The van der Waals surface area contributed by atoms with Gasteiger partial charge in [0.2, 0.25) is 0 Å². The van der Waals surface area contributed by atoms with Crippen molar-refractivity contribution < 1.29 is 0 Å². The van der Waals surface area contributed by atoms with E-state index in [2.05, 4.69) is 42.3 Å². The number of allylic oxidation sites excluding steroid dienone is 7. The highest BCUT2D eigenvalue weighted by Crippen LogP contribution is 2.26. The lowest BCUT2D eigenvalue weighted by atomic mass is 9.96. The van der Waals surface area contributed by atoms with E-state index in [0.717, 1.165) is 29.8 Å². The number of hydrogen-bond acceptors (Lipinski definition) is 1. The van der Waals surface area contributed by atoms with Crippen LogP contribution in [0.3, 0.4) is 0 Å². The Morgan fingerprint density at radius 1 is 1.10 bits per heavy atom. The van der Waals surface area contributed by atoms with Gasteiger partial charge in [0.1, 0.15) is 0 Å². The lowest BCUT2D eigenvalue weighted by Gasteiger charge is -2.18. The number of hydrogen-bond donors (Lipinski definition) is 1. The summed E-state index contributed by atoms with van der Waals surface area (Å²) in [7, 11) is 0. The molecule has 0 unspecified atom stereocenters. The predicted molar refractivity (Wildman–Crippen MR) is 88.6 cm³/mol. The summed E-state index contributed by atoms with van der Waals surface area (Å²) in [6.45, 7) is 6.18. The molecule has 1 aromatic carbocycles. The number of benzene rings is 1. The number of para-hydroxylation sites is 1. The van der Waals surface area contributed by atoms with Crippen LogP contribution in [-0.4, -0.2) is 0 Å². The van der Waals surface area contributed by atoms with Crippen LogP contribution in [0.1, 0.15) is 19.8 Å². The van der Waals surface area contributed by atoms with Crippen molar-refractivity contribution in [3.05, 3.63) is 90.2 Å². The Kier molecular flexibility index (Phi) is 5.19. The minimum absolute atomic E-state index is 1.04. The third kappa shape index (κ3) is 3.86. The van der Waals surface area contributed by atoms with Crippen molar-refractivity contribution in [1.82, 2.24) is 0 Å². The van der Waals surface area contributed by atoms with Gasteiger partial charge in [0, 0.05) is 17.0 Å². The van der Waals surface area contributed by atoms with Crippen molar-refractivity contribution in [2.45, 2.75) is 19.8 Å². The summed E-state index contributed by atoms with van der Waals surface area (Å²) in [6, 6.07) is 10.2. The maximum Gasteiger partial charge on any atom is 0.0420 e. The fourth-order valence-electron chi connectivity index (χ4n) is 2.15. The third-order valence-corrected chi connectivity index (χ3v) is 3.15. The molecule has 1 N–H and O–H groups in total. The standard InChI is InChI=1S/C19H21N/c1-3-4-6-11-16(2)18-14-9-10-15-19(18)20-17-12-7-5-8-13-17/h3-8,11-15,20H,2,9-10H2,1H3/b4-3-,11-6-. The van der Waals surface area contributed by atoms with E-state index in [0.29, 0.717) is 0 Å². The summed E-state index contributed by atoms with van der Waals surface area (Å²) in [6.07, 6.45) is 14.8. The molecule has 0 heterocycles. The van der Waals surface area contributed by atoms with Crippen LogP contribution < -0.4 is 5.32 Å². The number of anilines is 1. The highest BCUT2D eigenvalue weighted by atomic mass is 14.9. The Labute approximate surface area is 121 Å². The van der Waals surface area contributed by atoms with Gasteiger partial charge in [-0.2, -0.15) is 0 Å². The molecule has 0 aliphatic heterocycles. The highest BCUT2D eigenvalue weighted by Gasteiger charge is 2.10. The van der Waals surface area contributed by atoms with E-state index in [9.17, 15) is 0 Å². The molecule has 20 heavy (non-hydrogen) atoms. The van der Waals surface area contributed by atoms with E-state index in [1.807, 2.05) is 43.4 Å². The fourth-order valence-corrected chi connectivity index (χ4v) is 2.15. The molecule has 2 rings (SSSR count). The van der Waals surface area contributed by atoms with Gasteiger partial charge < -0.3 is 5.32 Å². The predicted octanol–water partition coefficient (Wildman–Crippen LogP) is 5.39. The quantitative estimate of drug-likeness (QED) is 0.702. The zero-order valence-electron chi connectivity index (χ0n) is 12.0. The molecule has 0 fully saturated rings. The summed E-state index contributed by atoms with van der Waals surface area (Å²) in [5, 5.41) is 3.48.